The molecule has 2 aromatic rings. The molecule has 2 rings (SSSR count). The van der Waals surface area contributed by atoms with Gasteiger partial charge in [-0.25, -0.2) is 4.39 Å². The molecule has 0 radical (unpaired) electrons. The number of nitrogens with one attached hydrogen (secondary N) is 1. The maximum absolute atomic E-state index is 13.2. The van der Waals surface area contributed by atoms with Crippen LogP contribution in [0.3, 0.4) is 0 Å². The van der Waals surface area contributed by atoms with Crippen LogP contribution >= 0.6 is 33.9 Å². The number of hydrogen-bond donors (Lipinski definition) is 1. The lowest BCUT2D eigenvalue weighted by Gasteiger charge is -2.19. The number of thiophene rings is 1. The van der Waals surface area contributed by atoms with E-state index in [4.69, 9.17) is 0 Å². The third kappa shape index (κ3) is 4.27. The molecule has 108 valence electrons. The van der Waals surface area contributed by atoms with Crippen LogP contribution in [0.2, 0.25) is 0 Å². The second-order valence-corrected chi connectivity index (χ2v) is 7.77. The zero-order valence-electron chi connectivity index (χ0n) is 11.7. The van der Waals surface area contributed by atoms with Gasteiger partial charge in [0.05, 0.1) is 2.88 Å². The smallest absolute Gasteiger partial charge is 0.123 e. The van der Waals surface area contributed by atoms with E-state index >= 15 is 0 Å². The summed E-state index contributed by atoms with van der Waals surface area (Å²) in [5, 5.41) is 5.82. The average Bonchev–Trinajstić information content (AvgIpc) is 2.83. The standard InChI is InChI=1S/C16H19FINS/c1-3-6-19-15(13-9-16(18)20-10-13)8-12-4-5-14(17)7-11(12)2/h4-5,7,9-10,15,19H,3,6,8H2,1-2H3. The van der Waals surface area contributed by atoms with Crippen molar-refractivity contribution < 1.29 is 4.39 Å². The molecule has 1 heterocycles. The predicted molar refractivity (Wildman–Crippen MR) is 92.9 cm³/mol. The molecule has 0 bridgehead atoms. The fraction of sp³-hybridized carbons (Fsp3) is 0.375. The molecule has 1 nitrogen and oxygen atoms in total. The first-order valence-corrected chi connectivity index (χ1v) is 8.78. The van der Waals surface area contributed by atoms with Crippen molar-refractivity contribution in [2.75, 3.05) is 6.54 Å². The van der Waals surface area contributed by atoms with Crippen LogP contribution < -0.4 is 5.32 Å². The molecular weight excluding hydrogens is 384 g/mol. The summed E-state index contributed by atoms with van der Waals surface area (Å²) < 4.78 is 14.5. The van der Waals surface area contributed by atoms with Crippen LogP contribution in [0, 0.1) is 15.6 Å². The van der Waals surface area contributed by atoms with Gasteiger partial charge < -0.3 is 5.32 Å². The van der Waals surface area contributed by atoms with Crippen LogP contribution in [-0.4, -0.2) is 6.54 Å². The summed E-state index contributed by atoms with van der Waals surface area (Å²) in [6.07, 6.45) is 2.01. The van der Waals surface area contributed by atoms with E-state index in [1.54, 1.807) is 23.5 Å². The molecule has 1 N–H and O–H groups in total. The van der Waals surface area contributed by atoms with Crippen molar-refractivity contribution in [2.24, 2.45) is 0 Å². The number of benzene rings is 1. The largest absolute Gasteiger partial charge is 0.310 e. The zero-order chi connectivity index (χ0) is 14.5. The Morgan fingerprint density at radius 3 is 2.75 bits per heavy atom. The van der Waals surface area contributed by atoms with Gasteiger partial charge in [0, 0.05) is 6.04 Å². The van der Waals surface area contributed by atoms with Crippen LogP contribution in [0.4, 0.5) is 4.39 Å². The lowest BCUT2D eigenvalue weighted by atomic mass is 9.97. The monoisotopic (exact) mass is 403 g/mol. The van der Waals surface area contributed by atoms with Gasteiger partial charge in [0.2, 0.25) is 0 Å². The highest BCUT2D eigenvalue weighted by Gasteiger charge is 2.14. The Balaban J connectivity index is 2.18. The Labute approximate surface area is 137 Å². The van der Waals surface area contributed by atoms with Crippen molar-refractivity contribution in [1.82, 2.24) is 5.32 Å². The van der Waals surface area contributed by atoms with Gasteiger partial charge in [0.1, 0.15) is 5.82 Å². The highest BCUT2D eigenvalue weighted by Crippen LogP contribution is 2.26. The fourth-order valence-corrected chi connectivity index (χ4v) is 3.67. The first kappa shape index (κ1) is 15.9. The van der Waals surface area contributed by atoms with Gasteiger partial charge >= 0.3 is 0 Å². The van der Waals surface area contributed by atoms with Gasteiger partial charge in [-0.15, -0.1) is 11.3 Å². The molecular formula is C16H19FINS. The molecule has 0 spiro atoms. The maximum Gasteiger partial charge on any atom is 0.123 e. The SMILES string of the molecule is CCCNC(Cc1ccc(F)cc1C)c1csc(I)c1. The van der Waals surface area contributed by atoms with Crippen molar-refractivity contribution in [3.05, 3.63) is 55.0 Å². The van der Waals surface area contributed by atoms with Crippen LogP contribution in [0.1, 0.15) is 36.1 Å². The van der Waals surface area contributed by atoms with Gasteiger partial charge in [-0.2, -0.15) is 0 Å². The summed E-state index contributed by atoms with van der Waals surface area (Å²) in [5.74, 6) is -0.158. The molecule has 1 unspecified atom stereocenters. The summed E-state index contributed by atoms with van der Waals surface area (Å²) in [6, 6.07) is 7.61. The topological polar surface area (TPSA) is 12.0 Å². The molecule has 0 amide bonds. The summed E-state index contributed by atoms with van der Waals surface area (Å²) in [5.41, 5.74) is 3.57. The summed E-state index contributed by atoms with van der Waals surface area (Å²) in [6.45, 7) is 5.15. The quantitative estimate of drug-likeness (QED) is 0.663. The van der Waals surface area contributed by atoms with E-state index in [1.165, 1.54) is 14.0 Å². The molecule has 20 heavy (non-hydrogen) atoms. The molecule has 1 aromatic heterocycles. The lowest BCUT2D eigenvalue weighted by molar-refractivity contribution is 0.528. The van der Waals surface area contributed by atoms with Crippen LogP contribution in [0.5, 0.6) is 0 Å². The first-order valence-electron chi connectivity index (χ1n) is 6.82. The van der Waals surface area contributed by atoms with Gasteiger partial charge in [-0.05, 0) is 89.2 Å². The molecule has 0 aliphatic heterocycles. The molecule has 0 saturated carbocycles. The highest BCUT2D eigenvalue weighted by atomic mass is 127. The van der Waals surface area contributed by atoms with Crippen molar-refractivity contribution in [1.29, 1.82) is 0 Å². The van der Waals surface area contributed by atoms with Crippen molar-refractivity contribution >= 4 is 33.9 Å². The van der Waals surface area contributed by atoms with E-state index in [2.05, 4.69) is 46.3 Å². The van der Waals surface area contributed by atoms with Gasteiger partial charge in [-0.3, -0.25) is 0 Å². The number of rotatable bonds is 6. The van der Waals surface area contributed by atoms with Crippen molar-refractivity contribution in [3.63, 3.8) is 0 Å². The highest BCUT2D eigenvalue weighted by molar-refractivity contribution is 14.1. The second kappa shape index (κ2) is 7.52. The van der Waals surface area contributed by atoms with Crippen LogP contribution in [0.25, 0.3) is 0 Å². The Morgan fingerprint density at radius 1 is 1.35 bits per heavy atom. The number of halogens is 2. The summed E-state index contributed by atoms with van der Waals surface area (Å²) in [4.78, 5) is 0. The predicted octanol–water partition coefficient (Wildman–Crippen LogP) is 5.08. The zero-order valence-corrected chi connectivity index (χ0v) is 14.7. The molecule has 1 atom stereocenters. The first-order chi connectivity index (χ1) is 9.60. The van der Waals surface area contributed by atoms with Crippen LogP contribution in [-0.2, 0) is 6.42 Å². The van der Waals surface area contributed by atoms with Crippen LogP contribution in [0.15, 0.2) is 29.6 Å². The number of aryl methyl sites for hydroxylation is 1. The fourth-order valence-electron chi connectivity index (χ4n) is 2.24. The molecule has 0 aliphatic carbocycles. The molecule has 1 aromatic carbocycles. The minimum atomic E-state index is -0.158. The molecule has 0 saturated heterocycles. The second-order valence-electron chi connectivity index (χ2n) is 4.97. The maximum atomic E-state index is 13.2. The number of hydrogen-bond acceptors (Lipinski definition) is 2. The van der Waals surface area contributed by atoms with Crippen molar-refractivity contribution in [2.45, 2.75) is 32.7 Å². The third-order valence-electron chi connectivity index (χ3n) is 3.36. The third-order valence-corrected chi connectivity index (χ3v) is 5.17. The van der Waals surface area contributed by atoms with E-state index in [1.807, 2.05) is 13.0 Å². The van der Waals surface area contributed by atoms with E-state index in [9.17, 15) is 4.39 Å². The summed E-state index contributed by atoms with van der Waals surface area (Å²) >= 11 is 4.12. The van der Waals surface area contributed by atoms with E-state index in [0.717, 1.165) is 24.9 Å². The van der Waals surface area contributed by atoms with Gasteiger partial charge in [-0.1, -0.05) is 13.0 Å². The van der Waals surface area contributed by atoms with E-state index in [0.29, 0.717) is 6.04 Å². The average molecular weight is 403 g/mol. The van der Waals surface area contributed by atoms with E-state index in [-0.39, 0.29) is 5.82 Å². The Hall–Kier alpha value is -0.460. The Morgan fingerprint density at radius 2 is 2.15 bits per heavy atom. The van der Waals surface area contributed by atoms with Gasteiger partial charge in [0.15, 0.2) is 0 Å². The Kier molecular flexibility index (Phi) is 5.99. The lowest BCUT2D eigenvalue weighted by Crippen LogP contribution is -2.24. The molecule has 0 aliphatic rings. The molecule has 0 fully saturated rings. The van der Waals surface area contributed by atoms with E-state index < -0.39 is 0 Å². The molecule has 4 heteroatoms. The Bertz CT molecular complexity index is 567. The minimum absolute atomic E-state index is 0.158. The van der Waals surface area contributed by atoms with Gasteiger partial charge in [0.25, 0.3) is 0 Å². The summed E-state index contributed by atoms with van der Waals surface area (Å²) in [7, 11) is 0. The van der Waals surface area contributed by atoms with Crippen molar-refractivity contribution in [3.8, 4) is 0 Å². The minimum Gasteiger partial charge on any atom is -0.310 e. The normalized spacial score (nSPS) is 12.6.